The minimum absolute atomic E-state index is 0.0825. The first-order valence-electron chi connectivity index (χ1n) is 6.11. The summed E-state index contributed by atoms with van der Waals surface area (Å²) in [5.74, 6) is -0.482. The quantitative estimate of drug-likeness (QED) is 0.673. The van der Waals surface area contributed by atoms with Crippen LogP contribution in [0, 0.1) is 22.9 Å². The van der Waals surface area contributed by atoms with Crippen LogP contribution >= 0.6 is 0 Å². The molecule has 0 atom stereocenters. The summed E-state index contributed by atoms with van der Waals surface area (Å²) < 4.78 is 13.1. The normalized spacial score (nSPS) is 10.5. The average molecular weight is 275 g/mol. The molecule has 1 aromatic carbocycles. The van der Waals surface area contributed by atoms with Crippen LogP contribution in [0.25, 0.3) is 0 Å². The molecular formula is C14H14FN3O2. The molecule has 5 nitrogen and oxygen atoms in total. The highest BCUT2D eigenvalue weighted by molar-refractivity contribution is 5.40. The molecule has 0 spiro atoms. The molecule has 1 aromatic heterocycles. The maximum atomic E-state index is 13.1. The van der Waals surface area contributed by atoms with Crippen molar-refractivity contribution in [3.63, 3.8) is 0 Å². The molecule has 0 aliphatic heterocycles. The monoisotopic (exact) mass is 275 g/mol. The first-order valence-corrected chi connectivity index (χ1v) is 6.11. The minimum Gasteiger partial charge on any atom is -0.308 e. The number of hydrogen-bond acceptors (Lipinski definition) is 4. The van der Waals surface area contributed by atoms with Crippen molar-refractivity contribution < 1.29 is 9.31 Å². The summed E-state index contributed by atoms with van der Waals surface area (Å²) in [6, 6.07) is 7.26. The Morgan fingerprint density at radius 2 is 2.10 bits per heavy atom. The van der Waals surface area contributed by atoms with Crippen LogP contribution in [0.1, 0.15) is 16.8 Å². The van der Waals surface area contributed by atoms with E-state index in [1.54, 1.807) is 6.20 Å². The van der Waals surface area contributed by atoms with Crippen LogP contribution in [0.15, 0.2) is 36.5 Å². The number of nitrogens with zero attached hydrogens (tertiary/aromatic N) is 2. The van der Waals surface area contributed by atoms with Gasteiger partial charge in [0.2, 0.25) is 0 Å². The van der Waals surface area contributed by atoms with Gasteiger partial charge < -0.3 is 5.32 Å². The van der Waals surface area contributed by atoms with Crippen molar-refractivity contribution in [3.8, 4) is 0 Å². The van der Waals surface area contributed by atoms with E-state index in [-0.39, 0.29) is 12.2 Å². The van der Waals surface area contributed by atoms with Crippen LogP contribution in [-0.4, -0.2) is 9.91 Å². The maximum Gasteiger partial charge on any atom is 0.274 e. The van der Waals surface area contributed by atoms with Gasteiger partial charge in [0.05, 0.1) is 4.92 Å². The molecule has 0 amide bonds. The molecule has 0 aliphatic rings. The van der Waals surface area contributed by atoms with Gasteiger partial charge in [0.25, 0.3) is 5.69 Å². The number of pyridine rings is 1. The molecule has 20 heavy (non-hydrogen) atoms. The molecule has 1 heterocycles. The van der Waals surface area contributed by atoms with Crippen molar-refractivity contribution in [3.05, 3.63) is 69.3 Å². The van der Waals surface area contributed by atoms with E-state index in [2.05, 4.69) is 10.3 Å². The maximum absolute atomic E-state index is 13.1. The fraction of sp³-hybridized carbons (Fsp3) is 0.214. The average Bonchev–Trinajstić information content (AvgIpc) is 2.41. The van der Waals surface area contributed by atoms with Gasteiger partial charge in [0.15, 0.2) is 0 Å². The second kappa shape index (κ2) is 6.21. The second-order valence-electron chi connectivity index (χ2n) is 4.44. The Bertz CT molecular complexity index is 614. The van der Waals surface area contributed by atoms with E-state index in [0.717, 1.165) is 17.3 Å². The lowest BCUT2D eigenvalue weighted by Gasteiger charge is -2.06. The Hall–Kier alpha value is -2.34. The van der Waals surface area contributed by atoms with E-state index in [1.807, 2.05) is 19.1 Å². The summed E-state index contributed by atoms with van der Waals surface area (Å²) in [5.41, 5.74) is 2.14. The first-order chi connectivity index (χ1) is 9.56. The smallest absolute Gasteiger partial charge is 0.274 e. The van der Waals surface area contributed by atoms with E-state index >= 15 is 0 Å². The molecule has 0 radical (unpaired) electrons. The van der Waals surface area contributed by atoms with Crippen LogP contribution in [0.5, 0.6) is 0 Å². The molecule has 0 saturated carbocycles. The van der Waals surface area contributed by atoms with E-state index in [1.165, 1.54) is 12.1 Å². The third kappa shape index (κ3) is 3.58. The summed E-state index contributed by atoms with van der Waals surface area (Å²) in [6.07, 6.45) is 1.74. The van der Waals surface area contributed by atoms with Gasteiger partial charge in [-0.15, -0.1) is 0 Å². The molecule has 6 heteroatoms. The lowest BCUT2D eigenvalue weighted by molar-refractivity contribution is -0.385. The fourth-order valence-electron chi connectivity index (χ4n) is 1.82. The van der Waals surface area contributed by atoms with Gasteiger partial charge >= 0.3 is 0 Å². The summed E-state index contributed by atoms with van der Waals surface area (Å²) in [4.78, 5) is 14.5. The highest BCUT2D eigenvalue weighted by Crippen LogP contribution is 2.19. The molecule has 2 aromatic rings. The van der Waals surface area contributed by atoms with Gasteiger partial charge in [0.1, 0.15) is 5.82 Å². The SMILES string of the molecule is Cc1ccc(CNCc2cc(F)ccc2[N+](=O)[O-])cn1. The second-order valence-corrected chi connectivity index (χ2v) is 4.44. The number of rotatable bonds is 5. The van der Waals surface area contributed by atoms with Crippen molar-refractivity contribution in [1.29, 1.82) is 0 Å². The lowest BCUT2D eigenvalue weighted by atomic mass is 10.1. The molecule has 0 saturated heterocycles. The Morgan fingerprint density at radius 3 is 2.75 bits per heavy atom. The minimum atomic E-state index is -0.510. The van der Waals surface area contributed by atoms with E-state index in [9.17, 15) is 14.5 Å². The number of nitro groups is 1. The van der Waals surface area contributed by atoms with E-state index < -0.39 is 10.7 Å². The predicted octanol–water partition coefficient (Wildman–Crippen LogP) is 2.73. The van der Waals surface area contributed by atoms with Crippen molar-refractivity contribution in [2.24, 2.45) is 0 Å². The molecular weight excluding hydrogens is 261 g/mol. The Balaban J connectivity index is 2.02. The Kier molecular flexibility index (Phi) is 4.37. The summed E-state index contributed by atoms with van der Waals surface area (Å²) in [5, 5.41) is 13.9. The van der Waals surface area contributed by atoms with Crippen molar-refractivity contribution in [2.45, 2.75) is 20.0 Å². The van der Waals surface area contributed by atoms with Crippen LogP contribution in [0.3, 0.4) is 0 Å². The Labute approximate surface area is 115 Å². The molecule has 0 fully saturated rings. The van der Waals surface area contributed by atoms with Crippen LogP contribution in [-0.2, 0) is 13.1 Å². The van der Waals surface area contributed by atoms with Crippen LogP contribution < -0.4 is 5.32 Å². The zero-order valence-electron chi connectivity index (χ0n) is 11.0. The number of nitrogens with one attached hydrogen (secondary N) is 1. The van der Waals surface area contributed by atoms with Gasteiger partial charge in [-0.2, -0.15) is 0 Å². The van der Waals surface area contributed by atoms with E-state index in [4.69, 9.17) is 0 Å². The van der Waals surface area contributed by atoms with Gasteiger partial charge in [-0.05, 0) is 30.7 Å². The number of benzene rings is 1. The summed E-state index contributed by atoms with van der Waals surface area (Å²) in [6.45, 7) is 2.64. The van der Waals surface area contributed by atoms with Crippen molar-refractivity contribution in [1.82, 2.24) is 10.3 Å². The molecule has 2 rings (SSSR count). The van der Waals surface area contributed by atoms with Crippen molar-refractivity contribution >= 4 is 5.69 Å². The van der Waals surface area contributed by atoms with Crippen molar-refractivity contribution in [2.75, 3.05) is 0 Å². The third-order valence-electron chi connectivity index (χ3n) is 2.86. The zero-order chi connectivity index (χ0) is 14.5. The topological polar surface area (TPSA) is 68.1 Å². The fourth-order valence-corrected chi connectivity index (χ4v) is 1.82. The standard InChI is InChI=1S/C14H14FN3O2/c1-10-2-3-11(8-17-10)7-16-9-12-6-13(15)4-5-14(12)18(19)20/h2-6,8,16H,7,9H2,1H3. The third-order valence-corrected chi connectivity index (χ3v) is 2.86. The molecule has 0 bridgehead atoms. The lowest BCUT2D eigenvalue weighted by Crippen LogP contribution is -2.14. The highest BCUT2D eigenvalue weighted by Gasteiger charge is 2.13. The largest absolute Gasteiger partial charge is 0.308 e. The van der Waals surface area contributed by atoms with Gasteiger partial charge in [0, 0.05) is 36.6 Å². The van der Waals surface area contributed by atoms with Gasteiger partial charge in [-0.25, -0.2) is 4.39 Å². The first kappa shape index (κ1) is 14.1. The number of aryl methyl sites for hydroxylation is 1. The van der Waals surface area contributed by atoms with Crippen LogP contribution in [0.4, 0.5) is 10.1 Å². The van der Waals surface area contributed by atoms with E-state index in [0.29, 0.717) is 12.1 Å². The zero-order valence-corrected chi connectivity index (χ0v) is 11.0. The predicted molar refractivity (Wildman–Crippen MR) is 72.6 cm³/mol. The number of halogens is 1. The number of hydrogen-bond donors (Lipinski definition) is 1. The number of nitro benzene ring substituents is 1. The van der Waals surface area contributed by atoms with Gasteiger partial charge in [-0.1, -0.05) is 6.07 Å². The summed E-state index contributed by atoms with van der Waals surface area (Å²) >= 11 is 0. The summed E-state index contributed by atoms with van der Waals surface area (Å²) in [7, 11) is 0. The highest BCUT2D eigenvalue weighted by atomic mass is 19.1. The van der Waals surface area contributed by atoms with Crippen LogP contribution in [0.2, 0.25) is 0 Å². The molecule has 1 N–H and O–H groups in total. The molecule has 0 unspecified atom stereocenters. The molecule has 104 valence electrons. The molecule has 0 aliphatic carbocycles. The van der Waals surface area contributed by atoms with Gasteiger partial charge in [-0.3, -0.25) is 15.1 Å². The number of aromatic nitrogens is 1. The Morgan fingerprint density at radius 1 is 1.30 bits per heavy atom.